The van der Waals surface area contributed by atoms with Crippen LogP contribution in [0.15, 0.2) is 59.2 Å². The van der Waals surface area contributed by atoms with Crippen molar-refractivity contribution in [3.8, 4) is 17.2 Å². The monoisotopic (exact) mass is 340 g/mol. The van der Waals surface area contributed by atoms with E-state index in [4.69, 9.17) is 14.3 Å². The molecule has 0 aliphatic rings. The number of aliphatic hydroxyl groups excluding tert-OH is 1. The molecule has 1 N–H and O–H groups in total. The molecular formula is C18H16N2O5. The highest BCUT2D eigenvalue weighted by Crippen LogP contribution is 2.22. The van der Waals surface area contributed by atoms with Gasteiger partial charge in [0.25, 0.3) is 5.69 Å². The minimum absolute atomic E-state index is 0.0171. The summed E-state index contributed by atoms with van der Waals surface area (Å²) in [6, 6.07) is 13.5. The van der Waals surface area contributed by atoms with Gasteiger partial charge in [-0.25, -0.2) is 4.98 Å². The van der Waals surface area contributed by atoms with Crippen molar-refractivity contribution in [3.05, 3.63) is 76.2 Å². The van der Waals surface area contributed by atoms with Crippen LogP contribution in [0.25, 0.3) is 11.5 Å². The lowest BCUT2D eigenvalue weighted by Gasteiger charge is -2.04. The Bertz CT molecular complexity index is 841. The van der Waals surface area contributed by atoms with E-state index in [-0.39, 0.29) is 18.9 Å². The average molecular weight is 340 g/mol. The van der Waals surface area contributed by atoms with E-state index in [2.05, 4.69) is 4.98 Å². The molecule has 0 radical (unpaired) electrons. The van der Waals surface area contributed by atoms with Crippen LogP contribution in [0.4, 0.5) is 5.69 Å². The zero-order chi connectivity index (χ0) is 17.6. The zero-order valence-electron chi connectivity index (χ0n) is 13.3. The van der Waals surface area contributed by atoms with Gasteiger partial charge in [-0.1, -0.05) is 12.1 Å². The molecule has 0 aliphatic heterocycles. The standard InChI is InChI=1S/C18H16N2O5/c21-10-9-13-1-7-17(8-2-13)24-11-15-12-25-18(19-15)14-3-5-16(6-4-14)20(22)23/h1-8,12,21H,9-11H2. The van der Waals surface area contributed by atoms with Gasteiger partial charge in [0.1, 0.15) is 24.3 Å². The molecule has 0 spiro atoms. The van der Waals surface area contributed by atoms with Crippen LogP contribution in [0.5, 0.6) is 5.75 Å². The Labute approximate surface area is 143 Å². The molecule has 0 aliphatic carbocycles. The summed E-state index contributed by atoms with van der Waals surface area (Å²) in [4.78, 5) is 14.5. The third kappa shape index (κ3) is 4.21. The summed E-state index contributed by atoms with van der Waals surface area (Å²) in [7, 11) is 0. The summed E-state index contributed by atoms with van der Waals surface area (Å²) in [6.07, 6.45) is 2.11. The van der Waals surface area contributed by atoms with E-state index in [1.165, 1.54) is 18.4 Å². The predicted molar refractivity (Wildman–Crippen MR) is 90.2 cm³/mol. The summed E-state index contributed by atoms with van der Waals surface area (Å²) in [5, 5.41) is 19.6. The molecule has 128 valence electrons. The van der Waals surface area contributed by atoms with Crippen molar-refractivity contribution < 1.29 is 19.2 Å². The molecule has 0 amide bonds. The molecule has 0 atom stereocenters. The number of oxazole rings is 1. The summed E-state index contributed by atoms with van der Waals surface area (Å²) in [5.74, 6) is 1.08. The molecule has 2 aromatic carbocycles. The first-order valence-electron chi connectivity index (χ1n) is 7.67. The lowest BCUT2D eigenvalue weighted by atomic mass is 10.1. The summed E-state index contributed by atoms with van der Waals surface area (Å²) >= 11 is 0. The van der Waals surface area contributed by atoms with Crippen molar-refractivity contribution in [2.75, 3.05) is 6.61 Å². The van der Waals surface area contributed by atoms with Crippen molar-refractivity contribution in [1.29, 1.82) is 0 Å². The van der Waals surface area contributed by atoms with E-state index in [1.54, 1.807) is 12.1 Å². The van der Waals surface area contributed by atoms with Gasteiger partial charge in [0, 0.05) is 24.3 Å². The van der Waals surface area contributed by atoms with Gasteiger partial charge >= 0.3 is 0 Å². The number of non-ortho nitro benzene ring substituents is 1. The van der Waals surface area contributed by atoms with Crippen LogP contribution in [0, 0.1) is 10.1 Å². The Morgan fingerprint density at radius 1 is 1.12 bits per heavy atom. The second-order valence-electron chi connectivity index (χ2n) is 5.35. The molecule has 7 nitrogen and oxygen atoms in total. The van der Waals surface area contributed by atoms with E-state index in [9.17, 15) is 10.1 Å². The normalized spacial score (nSPS) is 10.6. The number of hydrogen-bond acceptors (Lipinski definition) is 6. The number of nitrogens with zero attached hydrogens (tertiary/aromatic N) is 2. The molecule has 1 heterocycles. The van der Waals surface area contributed by atoms with Crippen LogP contribution in [-0.4, -0.2) is 21.6 Å². The van der Waals surface area contributed by atoms with Gasteiger partial charge in [-0.3, -0.25) is 10.1 Å². The highest BCUT2D eigenvalue weighted by atomic mass is 16.6. The van der Waals surface area contributed by atoms with Crippen LogP contribution < -0.4 is 4.74 Å². The average Bonchev–Trinajstić information content (AvgIpc) is 3.10. The molecule has 3 rings (SSSR count). The third-order valence-electron chi connectivity index (χ3n) is 3.59. The Balaban J connectivity index is 1.62. The number of benzene rings is 2. The number of rotatable bonds is 7. The molecule has 7 heteroatoms. The number of ether oxygens (including phenoxy) is 1. The zero-order valence-corrected chi connectivity index (χ0v) is 13.3. The second kappa shape index (κ2) is 7.59. The maximum Gasteiger partial charge on any atom is 0.269 e. The lowest BCUT2D eigenvalue weighted by molar-refractivity contribution is -0.384. The van der Waals surface area contributed by atoms with Crippen LogP contribution in [0.3, 0.4) is 0 Å². The Kier molecular flexibility index (Phi) is 5.06. The largest absolute Gasteiger partial charge is 0.487 e. The lowest BCUT2D eigenvalue weighted by Crippen LogP contribution is -1.96. The van der Waals surface area contributed by atoms with Gasteiger partial charge in [0.2, 0.25) is 5.89 Å². The number of nitro benzene ring substituents is 1. The second-order valence-corrected chi connectivity index (χ2v) is 5.35. The van der Waals surface area contributed by atoms with Crippen LogP contribution in [0.1, 0.15) is 11.3 Å². The molecule has 1 aromatic heterocycles. The fraction of sp³-hybridized carbons (Fsp3) is 0.167. The van der Waals surface area contributed by atoms with Crippen LogP contribution in [0.2, 0.25) is 0 Å². The predicted octanol–water partition coefficient (Wildman–Crippen LogP) is 3.36. The van der Waals surface area contributed by atoms with E-state index < -0.39 is 4.92 Å². The summed E-state index contributed by atoms with van der Waals surface area (Å²) < 4.78 is 11.1. The van der Waals surface area contributed by atoms with Crippen molar-refractivity contribution in [2.45, 2.75) is 13.0 Å². The van der Waals surface area contributed by atoms with E-state index >= 15 is 0 Å². The highest BCUT2D eigenvalue weighted by Gasteiger charge is 2.10. The van der Waals surface area contributed by atoms with Gasteiger partial charge in [0.05, 0.1) is 4.92 Å². The van der Waals surface area contributed by atoms with Crippen LogP contribution in [-0.2, 0) is 13.0 Å². The van der Waals surface area contributed by atoms with Gasteiger partial charge in [-0.2, -0.15) is 0 Å². The Morgan fingerprint density at radius 3 is 2.48 bits per heavy atom. The van der Waals surface area contributed by atoms with Gasteiger partial charge in [-0.15, -0.1) is 0 Å². The van der Waals surface area contributed by atoms with E-state index in [0.29, 0.717) is 29.3 Å². The summed E-state index contributed by atoms with van der Waals surface area (Å²) in [5.41, 5.74) is 2.33. The molecule has 3 aromatic rings. The third-order valence-corrected chi connectivity index (χ3v) is 3.59. The fourth-order valence-electron chi connectivity index (χ4n) is 2.27. The number of nitro groups is 1. The molecule has 25 heavy (non-hydrogen) atoms. The SMILES string of the molecule is O=[N+]([O-])c1ccc(-c2nc(COc3ccc(CCO)cc3)co2)cc1. The van der Waals surface area contributed by atoms with Gasteiger partial charge in [-0.05, 0) is 36.2 Å². The number of aliphatic hydroxyl groups is 1. The molecule has 0 unspecified atom stereocenters. The smallest absolute Gasteiger partial charge is 0.269 e. The Morgan fingerprint density at radius 2 is 1.84 bits per heavy atom. The minimum atomic E-state index is -0.454. The quantitative estimate of drug-likeness (QED) is 0.523. The number of hydrogen-bond donors (Lipinski definition) is 1. The van der Waals surface area contributed by atoms with Crippen molar-refractivity contribution >= 4 is 5.69 Å². The van der Waals surface area contributed by atoms with Gasteiger partial charge in [0.15, 0.2) is 0 Å². The molecule has 0 fully saturated rings. The molecule has 0 saturated carbocycles. The van der Waals surface area contributed by atoms with Crippen molar-refractivity contribution in [3.63, 3.8) is 0 Å². The van der Waals surface area contributed by atoms with Crippen molar-refractivity contribution in [2.24, 2.45) is 0 Å². The molecule has 0 saturated heterocycles. The minimum Gasteiger partial charge on any atom is -0.487 e. The van der Waals surface area contributed by atoms with Crippen molar-refractivity contribution in [1.82, 2.24) is 4.98 Å². The van der Waals surface area contributed by atoms with Crippen LogP contribution >= 0.6 is 0 Å². The first-order chi connectivity index (χ1) is 12.2. The maximum absolute atomic E-state index is 10.7. The molecular weight excluding hydrogens is 324 g/mol. The van der Waals surface area contributed by atoms with Gasteiger partial charge < -0.3 is 14.3 Å². The van der Waals surface area contributed by atoms with E-state index in [0.717, 1.165) is 5.56 Å². The van der Waals surface area contributed by atoms with E-state index in [1.807, 2.05) is 24.3 Å². The summed E-state index contributed by atoms with van der Waals surface area (Å²) in [6.45, 7) is 0.361. The first-order valence-corrected chi connectivity index (χ1v) is 7.67. The highest BCUT2D eigenvalue weighted by molar-refractivity contribution is 5.55. The Hall–Kier alpha value is -3.19. The maximum atomic E-state index is 10.7. The molecule has 0 bridgehead atoms. The first kappa shape index (κ1) is 16.7. The topological polar surface area (TPSA) is 98.6 Å². The number of aromatic nitrogens is 1. The fourth-order valence-corrected chi connectivity index (χ4v) is 2.27.